The van der Waals surface area contributed by atoms with E-state index in [1.165, 1.54) is 0 Å². The van der Waals surface area contributed by atoms with E-state index >= 15 is 0 Å². The Kier molecular flexibility index (Phi) is 6.78. The topological polar surface area (TPSA) is 97.9 Å². The summed E-state index contributed by atoms with van der Waals surface area (Å²) in [7, 11) is 0. The number of benzene rings is 1. The molecule has 2 aromatic heterocycles. The van der Waals surface area contributed by atoms with Gasteiger partial charge in [-0.2, -0.15) is 4.98 Å². The number of carbonyl (C=O) groups is 1. The first-order valence-corrected chi connectivity index (χ1v) is 9.18. The molecule has 0 unspecified atom stereocenters. The molecular weight excluding hydrogens is 380 g/mol. The fourth-order valence-corrected chi connectivity index (χ4v) is 3.10. The van der Waals surface area contributed by atoms with Crippen LogP contribution in [0.4, 0.5) is 0 Å². The van der Waals surface area contributed by atoms with Crippen molar-refractivity contribution < 1.29 is 9.32 Å². The highest BCUT2D eigenvalue weighted by molar-refractivity contribution is 5.92. The van der Waals surface area contributed by atoms with Gasteiger partial charge < -0.3 is 19.7 Å². The second kappa shape index (κ2) is 9.48. The maximum absolute atomic E-state index is 12.3. The van der Waals surface area contributed by atoms with E-state index in [4.69, 9.17) is 4.52 Å². The standard InChI is InChI=1S/C19H22N6O2.ClH/c26-19(15-13-25-11-10-20-8-6-17(25)22-15)21-9-7-18-23-16(24-27-18)12-14-4-2-1-3-5-14;/h1-5,13,20H,6-12H2,(H,21,26);1H. The molecule has 8 nitrogen and oxygen atoms in total. The van der Waals surface area contributed by atoms with Crippen LogP contribution in [0.3, 0.4) is 0 Å². The molecule has 9 heteroatoms. The van der Waals surface area contributed by atoms with Crippen LogP contribution in [-0.2, 0) is 25.8 Å². The van der Waals surface area contributed by atoms with E-state index < -0.39 is 0 Å². The Hall–Kier alpha value is -2.71. The lowest BCUT2D eigenvalue weighted by Gasteiger charge is -2.01. The van der Waals surface area contributed by atoms with E-state index in [-0.39, 0.29) is 18.3 Å². The molecule has 1 aromatic carbocycles. The maximum Gasteiger partial charge on any atom is 0.271 e. The number of halogens is 1. The average molecular weight is 403 g/mol. The van der Waals surface area contributed by atoms with Gasteiger partial charge in [0.25, 0.3) is 5.91 Å². The first kappa shape index (κ1) is 20.0. The van der Waals surface area contributed by atoms with Crippen LogP contribution in [0.1, 0.15) is 33.6 Å². The molecule has 1 aliphatic heterocycles. The molecule has 3 heterocycles. The van der Waals surface area contributed by atoms with Crippen LogP contribution in [0.25, 0.3) is 0 Å². The summed E-state index contributed by atoms with van der Waals surface area (Å²) in [5.41, 5.74) is 1.59. The van der Waals surface area contributed by atoms with Crippen molar-refractivity contribution in [2.75, 3.05) is 19.6 Å². The number of nitrogens with one attached hydrogen (secondary N) is 2. The minimum atomic E-state index is -0.174. The van der Waals surface area contributed by atoms with E-state index in [2.05, 4.69) is 25.8 Å². The Labute approximate surface area is 169 Å². The van der Waals surface area contributed by atoms with Gasteiger partial charge in [-0.15, -0.1) is 12.4 Å². The number of imidazole rings is 1. The Balaban J connectivity index is 0.00000225. The highest BCUT2D eigenvalue weighted by atomic mass is 35.5. The number of carbonyl (C=O) groups excluding carboxylic acids is 1. The summed E-state index contributed by atoms with van der Waals surface area (Å²) < 4.78 is 7.31. The van der Waals surface area contributed by atoms with Crippen molar-refractivity contribution in [1.29, 1.82) is 0 Å². The van der Waals surface area contributed by atoms with Gasteiger partial charge in [-0.05, 0) is 5.56 Å². The van der Waals surface area contributed by atoms with Crippen molar-refractivity contribution in [2.45, 2.75) is 25.8 Å². The monoisotopic (exact) mass is 402 g/mol. The Morgan fingerprint density at radius 2 is 2.07 bits per heavy atom. The quantitative estimate of drug-likeness (QED) is 0.646. The lowest BCUT2D eigenvalue weighted by Crippen LogP contribution is -2.26. The minimum Gasteiger partial charge on any atom is -0.350 e. The zero-order valence-corrected chi connectivity index (χ0v) is 16.2. The molecule has 0 atom stereocenters. The number of hydrogen-bond acceptors (Lipinski definition) is 6. The summed E-state index contributed by atoms with van der Waals surface area (Å²) >= 11 is 0. The van der Waals surface area contributed by atoms with Gasteiger partial charge in [-0.25, -0.2) is 4.98 Å². The van der Waals surface area contributed by atoms with Crippen molar-refractivity contribution in [3.8, 4) is 0 Å². The largest absolute Gasteiger partial charge is 0.350 e. The van der Waals surface area contributed by atoms with E-state index in [9.17, 15) is 4.79 Å². The molecule has 0 bridgehead atoms. The predicted molar refractivity (Wildman–Crippen MR) is 106 cm³/mol. The average Bonchev–Trinajstić information content (AvgIpc) is 3.24. The molecule has 1 amide bonds. The van der Waals surface area contributed by atoms with E-state index in [1.54, 1.807) is 0 Å². The van der Waals surface area contributed by atoms with Crippen molar-refractivity contribution >= 4 is 18.3 Å². The third-order valence-electron chi connectivity index (χ3n) is 4.49. The summed E-state index contributed by atoms with van der Waals surface area (Å²) in [5, 5.41) is 10.2. The lowest BCUT2D eigenvalue weighted by molar-refractivity contribution is 0.0948. The second-order valence-electron chi connectivity index (χ2n) is 6.51. The molecule has 0 saturated carbocycles. The molecule has 28 heavy (non-hydrogen) atoms. The summed E-state index contributed by atoms with van der Waals surface area (Å²) in [6, 6.07) is 10.00. The number of amides is 1. The Morgan fingerprint density at radius 1 is 1.21 bits per heavy atom. The fraction of sp³-hybridized carbons (Fsp3) is 0.368. The van der Waals surface area contributed by atoms with Crippen LogP contribution < -0.4 is 10.6 Å². The van der Waals surface area contributed by atoms with Crippen LogP contribution in [-0.4, -0.2) is 45.2 Å². The summed E-state index contributed by atoms with van der Waals surface area (Å²) in [6.07, 6.45) is 3.78. The van der Waals surface area contributed by atoms with Crippen molar-refractivity contribution in [1.82, 2.24) is 30.3 Å². The molecule has 4 rings (SSSR count). The van der Waals surface area contributed by atoms with E-state index in [0.29, 0.717) is 36.8 Å². The third kappa shape index (κ3) is 4.96. The Morgan fingerprint density at radius 3 is 2.93 bits per heavy atom. The van der Waals surface area contributed by atoms with Gasteiger partial charge in [0.1, 0.15) is 11.5 Å². The van der Waals surface area contributed by atoms with Crippen molar-refractivity contribution in [2.24, 2.45) is 0 Å². The van der Waals surface area contributed by atoms with Gasteiger partial charge in [0.2, 0.25) is 5.89 Å². The predicted octanol–water partition coefficient (Wildman–Crippen LogP) is 1.40. The van der Waals surface area contributed by atoms with Gasteiger partial charge in [-0.1, -0.05) is 35.5 Å². The number of hydrogen-bond donors (Lipinski definition) is 2. The molecular formula is C19H23ClN6O2. The van der Waals surface area contributed by atoms with E-state index in [0.717, 1.165) is 37.4 Å². The Bertz CT molecular complexity index is 885. The highest BCUT2D eigenvalue weighted by Crippen LogP contribution is 2.08. The SMILES string of the molecule is Cl.O=C(NCCc1nc(Cc2ccccc2)no1)c1cn2c(n1)CCNCC2. The van der Waals surface area contributed by atoms with Crippen LogP contribution in [0.15, 0.2) is 41.1 Å². The van der Waals surface area contributed by atoms with Gasteiger partial charge in [0, 0.05) is 51.6 Å². The first-order chi connectivity index (χ1) is 13.3. The molecule has 0 spiro atoms. The molecule has 0 saturated heterocycles. The minimum absolute atomic E-state index is 0. The highest BCUT2D eigenvalue weighted by Gasteiger charge is 2.16. The van der Waals surface area contributed by atoms with Crippen LogP contribution in [0.5, 0.6) is 0 Å². The van der Waals surface area contributed by atoms with Gasteiger partial charge in [0.05, 0.1) is 0 Å². The first-order valence-electron chi connectivity index (χ1n) is 9.18. The van der Waals surface area contributed by atoms with Crippen LogP contribution in [0.2, 0.25) is 0 Å². The molecule has 2 N–H and O–H groups in total. The number of fused-ring (bicyclic) bond motifs is 1. The zero-order valence-electron chi connectivity index (χ0n) is 15.4. The normalized spacial score (nSPS) is 13.3. The summed E-state index contributed by atoms with van der Waals surface area (Å²) in [5.74, 6) is 1.95. The number of aromatic nitrogens is 4. The summed E-state index contributed by atoms with van der Waals surface area (Å²) in [4.78, 5) is 21.1. The molecule has 3 aromatic rings. The molecule has 148 valence electrons. The fourth-order valence-electron chi connectivity index (χ4n) is 3.10. The lowest BCUT2D eigenvalue weighted by atomic mass is 10.1. The van der Waals surface area contributed by atoms with E-state index in [1.807, 2.05) is 41.1 Å². The smallest absolute Gasteiger partial charge is 0.271 e. The zero-order chi connectivity index (χ0) is 18.5. The summed E-state index contributed by atoms with van der Waals surface area (Å²) in [6.45, 7) is 3.05. The molecule has 0 radical (unpaired) electrons. The third-order valence-corrected chi connectivity index (χ3v) is 4.49. The van der Waals surface area contributed by atoms with Crippen LogP contribution >= 0.6 is 12.4 Å². The second-order valence-corrected chi connectivity index (χ2v) is 6.51. The van der Waals surface area contributed by atoms with Crippen molar-refractivity contribution in [3.05, 3.63) is 65.3 Å². The molecule has 0 fully saturated rings. The molecule has 1 aliphatic rings. The van der Waals surface area contributed by atoms with Gasteiger partial charge in [0.15, 0.2) is 5.82 Å². The van der Waals surface area contributed by atoms with Gasteiger partial charge in [-0.3, -0.25) is 4.79 Å². The number of rotatable bonds is 6. The van der Waals surface area contributed by atoms with Crippen LogP contribution in [0, 0.1) is 0 Å². The molecule has 0 aliphatic carbocycles. The van der Waals surface area contributed by atoms with Gasteiger partial charge >= 0.3 is 0 Å². The van der Waals surface area contributed by atoms with Crippen molar-refractivity contribution in [3.63, 3.8) is 0 Å². The maximum atomic E-state index is 12.3. The number of nitrogens with zero attached hydrogens (tertiary/aromatic N) is 4.